The third-order valence-corrected chi connectivity index (χ3v) is 10.2. The van der Waals surface area contributed by atoms with Crippen LogP contribution in [-0.4, -0.2) is 58.7 Å². The predicted octanol–water partition coefficient (Wildman–Crippen LogP) is 3.44. The summed E-state index contributed by atoms with van der Waals surface area (Å²) in [6, 6.07) is 0. The number of hydrogen-bond acceptors (Lipinski definition) is 4. The lowest BCUT2D eigenvalue weighted by Crippen LogP contribution is -2.59. The van der Waals surface area contributed by atoms with Crippen molar-refractivity contribution in [3.8, 4) is 0 Å². The fourth-order valence-corrected chi connectivity index (χ4v) is 8.59. The third kappa shape index (κ3) is 3.18. The zero-order valence-corrected chi connectivity index (χ0v) is 18.2. The van der Waals surface area contributed by atoms with Gasteiger partial charge in [-0.1, -0.05) is 26.7 Å². The first-order valence-corrected chi connectivity index (χ1v) is 12.0. The Morgan fingerprint density at radius 2 is 1.54 bits per heavy atom. The van der Waals surface area contributed by atoms with Crippen LogP contribution in [0, 0.1) is 34.5 Å². The Kier molecular flexibility index (Phi) is 5.90. The Balaban J connectivity index is 1.54. The molecule has 4 rings (SSSR count). The molecule has 28 heavy (non-hydrogen) atoms. The van der Waals surface area contributed by atoms with Crippen LogP contribution in [0.3, 0.4) is 0 Å². The van der Waals surface area contributed by atoms with E-state index in [0.717, 1.165) is 37.0 Å². The van der Waals surface area contributed by atoms with Crippen molar-refractivity contribution in [3.05, 3.63) is 0 Å². The highest BCUT2D eigenvalue weighted by Gasteiger charge is 2.64. The molecule has 0 bridgehead atoms. The molecule has 4 aliphatic carbocycles. The summed E-state index contributed by atoms with van der Waals surface area (Å²) in [5, 5.41) is 30.7. The van der Waals surface area contributed by atoms with E-state index < -0.39 is 5.60 Å². The predicted molar refractivity (Wildman–Crippen MR) is 112 cm³/mol. The Hall–Kier alpha value is -0.160. The molecule has 0 spiro atoms. The minimum atomic E-state index is -0.683. The number of nitrogens with zero attached hydrogens (tertiary/aromatic N) is 1. The first-order valence-electron chi connectivity index (χ1n) is 12.0. The normalized spacial score (nSPS) is 48.2. The van der Waals surface area contributed by atoms with E-state index in [-0.39, 0.29) is 18.6 Å². The SMILES string of the molecule is C[C@]12CCCC[C@@H]1CC[C@H]1[C@H]3CC[C@](O)(CN(CCO)CCO)[C@]3(C)CC[C@@H]12. The molecule has 162 valence electrons. The standard InChI is InChI=1S/C24H43NO3/c1-22-10-4-3-5-18(22)6-7-19-20(22)8-11-23(2)21(19)9-12-24(23,28)17-25(13-15-26)14-16-27/h18-21,26-28H,3-17H2,1-2H3/t18-,19-,20+,21-,22+,23-,24+/m1/s1. The van der Waals surface area contributed by atoms with Gasteiger partial charge in [0, 0.05) is 25.0 Å². The van der Waals surface area contributed by atoms with Gasteiger partial charge in [0.05, 0.1) is 18.8 Å². The van der Waals surface area contributed by atoms with Crippen LogP contribution in [0.2, 0.25) is 0 Å². The van der Waals surface area contributed by atoms with Crippen molar-refractivity contribution in [2.24, 2.45) is 34.5 Å². The summed E-state index contributed by atoms with van der Waals surface area (Å²) >= 11 is 0. The molecule has 3 N–H and O–H groups in total. The van der Waals surface area contributed by atoms with Crippen LogP contribution >= 0.6 is 0 Å². The molecule has 0 aromatic heterocycles. The molecule has 0 radical (unpaired) electrons. The maximum absolute atomic E-state index is 11.9. The summed E-state index contributed by atoms with van der Waals surface area (Å²) in [5.41, 5.74) is -0.157. The lowest BCUT2D eigenvalue weighted by atomic mass is 9.44. The molecule has 4 saturated carbocycles. The fraction of sp³-hybridized carbons (Fsp3) is 1.00. The molecular formula is C24H43NO3. The van der Waals surface area contributed by atoms with Gasteiger partial charge < -0.3 is 15.3 Å². The van der Waals surface area contributed by atoms with Gasteiger partial charge >= 0.3 is 0 Å². The van der Waals surface area contributed by atoms with Gasteiger partial charge in [-0.15, -0.1) is 0 Å². The van der Waals surface area contributed by atoms with E-state index in [1.165, 1.54) is 44.9 Å². The highest BCUT2D eigenvalue weighted by atomic mass is 16.3. The lowest BCUT2D eigenvalue weighted by molar-refractivity contribution is -0.158. The number of rotatable bonds is 6. The average Bonchev–Trinajstić information content (AvgIpc) is 2.93. The van der Waals surface area contributed by atoms with Crippen molar-refractivity contribution in [1.82, 2.24) is 4.90 Å². The van der Waals surface area contributed by atoms with Crippen molar-refractivity contribution in [1.29, 1.82) is 0 Å². The van der Waals surface area contributed by atoms with Gasteiger partial charge in [-0.05, 0) is 80.5 Å². The summed E-state index contributed by atoms with van der Waals surface area (Å²) in [6.07, 6.45) is 13.0. The summed E-state index contributed by atoms with van der Waals surface area (Å²) < 4.78 is 0. The first kappa shape index (κ1) is 21.1. The van der Waals surface area contributed by atoms with Gasteiger partial charge in [0.2, 0.25) is 0 Å². The van der Waals surface area contributed by atoms with Gasteiger partial charge in [-0.2, -0.15) is 0 Å². The second-order valence-electron chi connectivity index (χ2n) is 11.2. The molecule has 4 fully saturated rings. The molecular weight excluding hydrogens is 350 g/mol. The Morgan fingerprint density at radius 3 is 2.25 bits per heavy atom. The van der Waals surface area contributed by atoms with Crippen LogP contribution < -0.4 is 0 Å². The van der Waals surface area contributed by atoms with E-state index in [9.17, 15) is 15.3 Å². The molecule has 4 aliphatic rings. The van der Waals surface area contributed by atoms with E-state index in [1.54, 1.807) is 0 Å². The van der Waals surface area contributed by atoms with Crippen LogP contribution in [-0.2, 0) is 0 Å². The maximum atomic E-state index is 11.9. The highest BCUT2D eigenvalue weighted by Crippen LogP contribution is 2.68. The number of fused-ring (bicyclic) bond motifs is 5. The zero-order valence-electron chi connectivity index (χ0n) is 18.2. The highest BCUT2D eigenvalue weighted by molar-refractivity contribution is 5.14. The molecule has 0 saturated heterocycles. The Bertz CT molecular complexity index is 550. The molecule has 7 atom stereocenters. The van der Waals surface area contributed by atoms with Gasteiger partial charge in [0.15, 0.2) is 0 Å². The van der Waals surface area contributed by atoms with Crippen LogP contribution in [0.1, 0.15) is 78.1 Å². The van der Waals surface area contributed by atoms with Gasteiger partial charge in [-0.25, -0.2) is 0 Å². The van der Waals surface area contributed by atoms with Gasteiger partial charge in [-0.3, -0.25) is 4.90 Å². The van der Waals surface area contributed by atoms with E-state index in [1.807, 2.05) is 0 Å². The summed E-state index contributed by atoms with van der Waals surface area (Å²) in [4.78, 5) is 2.07. The summed E-state index contributed by atoms with van der Waals surface area (Å²) in [7, 11) is 0. The number of aliphatic hydroxyl groups is 3. The quantitative estimate of drug-likeness (QED) is 0.647. The third-order valence-electron chi connectivity index (χ3n) is 10.2. The van der Waals surface area contributed by atoms with Crippen molar-refractivity contribution in [2.75, 3.05) is 32.8 Å². The second kappa shape index (κ2) is 7.83. The topological polar surface area (TPSA) is 63.9 Å². The first-order chi connectivity index (χ1) is 13.4. The zero-order chi connectivity index (χ0) is 20.0. The molecule has 0 amide bonds. The largest absolute Gasteiger partial charge is 0.395 e. The van der Waals surface area contributed by atoms with Crippen molar-refractivity contribution in [2.45, 2.75) is 83.7 Å². The Morgan fingerprint density at radius 1 is 0.821 bits per heavy atom. The minimum absolute atomic E-state index is 0.0187. The van der Waals surface area contributed by atoms with Crippen LogP contribution in [0.15, 0.2) is 0 Å². The molecule has 0 unspecified atom stereocenters. The van der Waals surface area contributed by atoms with E-state index in [2.05, 4.69) is 18.7 Å². The smallest absolute Gasteiger partial charge is 0.0830 e. The van der Waals surface area contributed by atoms with E-state index >= 15 is 0 Å². The van der Waals surface area contributed by atoms with Gasteiger partial charge in [0.1, 0.15) is 0 Å². The van der Waals surface area contributed by atoms with E-state index in [0.29, 0.717) is 31.0 Å². The Labute approximate surface area is 171 Å². The molecule has 4 heteroatoms. The van der Waals surface area contributed by atoms with Gasteiger partial charge in [0.25, 0.3) is 0 Å². The van der Waals surface area contributed by atoms with Crippen LogP contribution in [0.5, 0.6) is 0 Å². The minimum Gasteiger partial charge on any atom is -0.395 e. The fourth-order valence-electron chi connectivity index (χ4n) is 8.59. The summed E-state index contributed by atoms with van der Waals surface area (Å²) in [5.74, 6) is 3.23. The molecule has 0 aliphatic heterocycles. The maximum Gasteiger partial charge on any atom is 0.0830 e. The van der Waals surface area contributed by atoms with Crippen molar-refractivity contribution >= 4 is 0 Å². The number of aliphatic hydroxyl groups excluding tert-OH is 2. The second-order valence-corrected chi connectivity index (χ2v) is 11.2. The molecule has 4 nitrogen and oxygen atoms in total. The lowest BCUT2D eigenvalue weighted by Gasteiger charge is -2.61. The van der Waals surface area contributed by atoms with E-state index in [4.69, 9.17) is 0 Å². The average molecular weight is 394 g/mol. The van der Waals surface area contributed by atoms with Crippen molar-refractivity contribution in [3.63, 3.8) is 0 Å². The van der Waals surface area contributed by atoms with Crippen LogP contribution in [0.25, 0.3) is 0 Å². The molecule has 0 heterocycles. The summed E-state index contributed by atoms with van der Waals surface area (Å²) in [6.45, 7) is 6.82. The van der Waals surface area contributed by atoms with Crippen molar-refractivity contribution < 1.29 is 15.3 Å². The number of hydrogen-bond donors (Lipinski definition) is 3. The molecule has 0 aromatic rings. The molecule has 0 aromatic carbocycles. The van der Waals surface area contributed by atoms with Crippen LogP contribution in [0.4, 0.5) is 0 Å². The monoisotopic (exact) mass is 393 g/mol.